The van der Waals surface area contributed by atoms with Crippen molar-refractivity contribution in [2.24, 2.45) is 0 Å². The molecule has 0 atom stereocenters. The highest BCUT2D eigenvalue weighted by molar-refractivity contribution is 5.89. The van der Waals surface area contributed by atoms with Crippen molar-refractivity contribution < 1.29 is 9.53 Å². The second-order valence-electron chi connectivity index (χ2n) is 3.90. The number of nitrogens with zero attached hydrogens (tertiary/aromatic N) is 1. The number of benzene rings is 1. The van der Waals surface area contributed by atoms with E-state index in [1.54, 1.807) is 12.0 Å². The predicted molar refractivity (Wildman–Crippen MR) is 73.7 cm³/mol. The van der Waals surface area contributed by atoms with E-state index < -0.39 is 0 Å². The van der Waals surface area contributed by atoms with Crippen LogP contribution in [0.5, 0.6) is 5.75 Å². The maximum atomic E-state index is 11.9. The quantitative estimate of drug-likeness (QED) is 0.858. The number of ether oxygens (including phenoxy) is 1. The SMILES string of the molecule is COc1ccc(NC(=O)N2CCNCC2)cc1.Cl. The number of piperazine rings is 1. The average Bonchev–Trinajstić information content (AvgIpc) is 2.40. The Morgan fingerprint density at radius 3 is 2.44 bits per heavy atom. The Morgan fingerprint density at radius 1 is 1.28 bits per heavy atom. The first-order valence-corrected chi connectivity index (χ1v) is 5.70. The molecule has 0 unspecified atom stereocenters. The van der Waals surface area contributed by atoms with Crippen molar-refractivity contribution in [3.8, 4) is 5.75 Å². The highest BCUT2D eigenvalue weighted by Crippen LogP contribution is 2.15. The second-order valence-corrected chi connectivity index (χ2v) is 3.90. The minimum atomic E-state index is -0.0448. The third-order valence-electron chi connectivity index (χ3n) is 2.75. The molecular weight excluding hydrogens is 254 g/mol. The van der Waals surface area contributed by atoms with Crippen LogP contribution in [0.25, 0.3) is 0 Å². The molecule has 0 saturated carbocycles. The number of rotatable bonds is 2. The van der Waals surface area contributed by atoms with Gasteiger partial charge in [-0.05, 0) is 24.3 Å². The molecule has 100 valence electrons. The van der Waals surface area contributed by atoms with Crippen molar-refractivity contribution in [1.29, 1.82) is 0 Å². The highest BCUT2D eigenvalue weighted by Gasteiger charge is 2.15. The smallest absolute Gasteiger partial charge is 0.321 e. The average molecular weight is 272 g/mol. The molecule has 1 heterocycles. The third kappa shape index (κ3) is 3.78. The van der Waals surface area contributed by atoms with Gasteiger partial charge in [-0.2, -0.15) is 0 Å². The van der Waals surface area contributed by atoms with Crippen LogP contribution < -0.4 is 15.4 Å². The fraction of sp³-hybridized carbons (Fsp3) is 0.417. The van der Waals surface area contributed by atoms with Crippen molar-refractivity contribution in [3.05, 3.63) is 24.3 Å². The summed E-state index contributed by atoms with van der Waals surface area (Å²) in [6, 6.07) is 7.27. The molecule has 2 N–H and O–H groups in total. The maximum Gasteiger partial charge on any atom is 0.321 e. The molecule has 0 spiro atoms. The predicted octanol–water partition coefficient (Wildman–Crippen LogP) is 1.55. The number of hydrogen-bond acceptors (Lipinski definition) is 3. The van der Waals surface area contributed by atoms with Gasteiger partial charge in [0.2, 0.25) is 0 Å². The first-order chi connectivity index (χ1) is 8.29. The van der Waals surface area contributed by atoms with Gasteiger partial charge in [0.05, 0.1) is 7.11 Å². The lowest BCUT2D eigenvalue weighted by Crippen LogP contribution is -2.48. The molecule has 0 radical (unpaired) electrons. The minimum absolute atomic E-state index is 0. The Hall–Kier alpha value is -1.46. The van der Waals surface area contributed by atoms with Crippen LogP contribution in [-0.4, -0.2) is 44.2 Å². The summed E-state index contributed by atoms with van der Waals surface area (Å²) >= 11 is 0. The molecular formula is C12H18ClN3O2. The molecule has 0 aromatic heterocycles. The van der Waals surface area contributed by atoms with Gasteiger partial charge in [0.25, 0.3) is 0 Å². The zero-order chi connectivity index (χ0) is 12.1. The number of hydrogen-bond donors (Lipinski definition) is 2. The van der Waals surface area contributed by atoms with Crippen LogP contribution in [0.3, 0.4) is 0 Å². The third-order valence-corrected chi connectivity index (χ3v) is 2.75. The van der Waals surface area contributed by atoms with Crippen molar-refractivity contribution in [1.82, 2.24) is 10.2 Å². The van der Waals surface area contributed by atoms with Crippen molar-refractivity contribution >= 4 is 24.1 Å². The van der Waals surface area contributed by atoms with E-state index in [0.717, 1.165) is 37.6 Å². The number of amides is 2. The lowest BCUT2D eigenvalue weighted by molar-refractivity contribution is 0.204. The standard InChI is InChI=1S/C12H17N3O2.ClH/c1-17-11-4-2-10(3-5-11)14-12(16)15-8-6-13-7-9-15;/h2-5,13H,6-9H2,1H3,(H,14,16);1H. The van der Waals surface area contributed by atoms with Crippen LogP contribution in [0.1, 0.15) is 0 Å². The van der Waals surface area contributed by atoms with E-state index in [1.165, 1.54) is 0 Å². The molecule has 6 heteroatoms. The maximum absolute atomic E-state index is 11.9. The number of methoxy groups -OCH3 is 1. The fourth-order valence-electron chi connectivity index (χ4n) is 1.74. The Bertz CT molecular complexity index is 377. The Morgan fingerprint density at radius 2 is 1.89 bits per heavy atom. The molecule has 5 nitrogen and oxygen atoms in total. The van der Waals surface area contributed by atoms with Crippen LogP contribution in [0.4, 0.5) is 10.5 Å². The van der Waals surface area contributed by atoms with Gasteiger partial charge in [0, 0.05) is 31.9 Å². The van der Waals surface area contributed by atoms with Crippen LogP contribution in [-0.2, 0) is 0 Å². The molecule has 2 amide bonds. The Balaban J connectivity index is 0.00000162. The van der Waals surface area contributed by atoms with Gasteiger partial charge >= 0.3 is 6.03 Å². The summed E-state index contributed by atoms with van der Waals surface area (Å²) in [6.45, 7) is 3.22. The molecule has 18 heavy (non-hydrogen) atoms. The van der Waals surface area contributed by atoms with Crippen LogP contribution in [0.2, 0.25) is 0 Å². The lowest BCUT2D eigenvalue weighted by Gasteiger charge is -2.27. The van der Waals surface area contributed by atoms with Crippen molar-refractivity contribution in [2.75, 3.05) is 38.6 Å². The van der Waals surface area contributed by atoms with Gasteiger partial charge in [0.1, 0.15) is 5.75 Å². The topological polar surface area (TPSA) is 53.6 Å². The van der Waals surface area contributed by atoms with Gasteiger partial charge in [0.15, 0.2) is 0 Å². The van der Waals surface area contributed by atoms with Crippen LogP contribution >= 0.6 is 12.4 Å². The van der Waals surface area contributed by atoms with E-state index in [-0.39, 0.29) is 18.4 Å². The summed E-state index contributed by atoms with van der Waals surface area (Å²) < 4.78 is 5.06. The summed E-state index contributed by atoms with van der Waals surface area (Å²) in [4.78, 5) is 13.7. The van der Waals surface area contributed by atoms with Crippen LogP contribution in [0.15, 0.2) is 24.3 Å². The summed E-state index contributed by atoms with van der Waals surface area (Å²) in [5.41, 5.74) is 0.786. The minimum Gasteiger partial charge on any atom is -0.497 e. The molecule has 1 aromatic carbocycles. The monoisotopic (exact) mass is 271 g/mol. The zero-order valence-corrected chi connectivity index (χ0v) is 11.1. The van der Waals surface area contributed by atoms with E-state index >= 15 is 0 Å². The summed E-state index contributed by atoms with van der Waals surface area (Å²) in [5, 5.41) is 6.08. The van der Waals surface area contributed by atoms with E-state index in [9.17, 15) is 4.79 Å². The Labute approximate surface area is 113 Å². The zero-order valence-electron chi connectivity index (χ0n) is 10.3. The number of halogens is 1. The summed E-state index contributed by atoms with van der Waals surface area (Å²) in [6.07, 6.45) is 0. The molecule has 1 saturated heterocycles. The number of carbonyl (C=O) groups is 1. The molecule has 0 bridgehead atoms. The largest absolute Gasteiger partial charge is 0.497 e. The van der Waals surface area contributed by atoms with E-state index in [4.69, 9.17) is 4.74 Å². The van der Waals surface area contributed by atoms with Crippen molar-refractivity contribution in [3.63, 3.8) is 0 Å². The fourth-order valence-corrected chi connectivity index (χ4v) is 1.74. The molecule has 2 rings (SSSR count). The number of urea groups is 1. The van der Waals surface area contributed by atoms with Gasteiger partial charge in [-0.3, -0.25) is 0 Å². The number of nitrogens with one attached hydrogen (secondary N) is 2. The number of anilines is 1. The van der Waals surface area contributed by atoms with E-state index in [1.807, 2.05) is 24.3 Å². The number of carbonyl (C=O) groups excluding carboxylic acids is 1. The molecule has 1 aliphatic rings. The first-order valence-electron chi connectivity index (χ1n) is 5.70. The van der Waals surface area contributed by atoms with Crippen molar-refractivity contribution in [2.45, 2.75) is 0 Å². The molecule has 1 aliphatic heterocycles. The second kappa shape index (κ2) is 7.08. The summed E-state index contributed by atoms with van der Waals surface area (Å²) in [7, 11) is 1.62. The molecule has 0 aliphatic carbocycles. The van der Waals surface area contributed by atoms with Gasteiger partial charge < -0.3 is 20.3 Å². The van der Waals surface area contributed by atoms with Gasteiger partial charge in [-0.1, -0.05) is 0 Å². The normalized spacial score (nSPS) is 14.6. The van der Waals surface area contributed by atoms with Gasteiger partial charge in [-0.25, -0.2) is 4.79 Å². The van der Waals surface area contributed by atoms with E-state index in [2.05, 4.69) is 10.6 Å². The van der Waals surface area contributed by atoms with E-state index in [0.29, 0.717) is 0 Å². The Kier molecular flexibility index (Phi) is 5.74. The highest BCUT2D eigenvalue weighted by atomic mass is 35.5. The van der Waals surface area contributed by atoms with Gasteiger partial charge in [-0.15, -0.1) is 12.4 Å². The van der Waals surface area contributed by atoms with Crippen LogP contribution in [0, 0.1) is 0 Å². The first kappa shape index (κ1) is 14.6. The molecule has 1 fully saturated rings. The summed E-state index contributed by atoms with van der Waals surface area (Å²) in [5.74, 6) is 0.783. The molecule has 1 aromatic rings. The lowest BCUT2D eigenvalue weighted by atomic mass is 10.3.